The number of rotatable bonds is 3. The quantitative estimate of drug-likeness (QED) is 0.860. The number of carbonyl (C=O) groups excluding carboxylic acids is 1. The Kier molecular flexibility index (Phi) is 5.05. The molecule has 0 saturated carbocycles. The summed E-state index contributed by atoms with van der Waals surface area (Å²) in [6.45, 7) is 2.80. The first-order chi connectivity index (χ1) is 9.47. The van der Waals surface area contributed by atoms with Gasteiger partial charge >= 0.3 is 0 Å². The fourth-order valence-corrected chi connectivity index (χ4v) is 3.06. The van der Waals surface area contributed by atoms with Crippen molar-refractivity contribution in [2.24, 2.45) is 5.92 Å². The summed E-state index contributed by atoms with van der Waals surface area (Å²) in [5.74, 6) is 0.807. The van der Waals surface area contributed by atoms with Gasteiger partial charge in [0.15, 0.2) is 0 Å². The van der Waals surface area contributed by atoms with Crippen molar-refractivity contribution in [3.63, 3.8) is 0 Å². The zero-order chi connectivity index (χ0) is 14.7. The van der Waals surface area contributed by atoms with E-state index in [0.717, 1.165) is 36.9 Å². The van der Waals surface area contributed by atoms with Crippen LogP contribution in [0.15, 0.2) is 22.7 Å². The number of hydrogen-bond acceptors (Lipinski definition) is 3. The van der Waals surface area contributed by atoms with E-state index in [0.29, 0.717) is 17.2 Å². The highest BCUT2D eigenvalue weighted by Gasteiger charge is 2.24. The second-order valence-electron chi connectivity index (χ2n) is 5.73. The molecule has 5 heteroatoms. The smallest absolute Gasteiger partial charge is 0.253 e. The van der Waals surface area contributed by atoms with Crippen LogP contribution in [0.1, 0.15) is 23.2 Å². The summed E-state index contributed by atoms with van der Waals surface area (Å²) in [7, 11) is 4.20. The molecule has 0 aliphatic carbocycles. The fourth-order valence-electron chi connectivity index (χ4n) is 2.68. The maximum Gasteiger partial charge on any atom is 0.253 e. The van der Waals surface area contributed by atoms with Gasteiger partial charge in [0.05, 0.1) is 0 Å². The van der Waals surface area contributed by atoms with E-state index in [1.807, 2.05) is 11.0 Å². The molecule has 1 amide bonds. The zero-order valence-corrected chi connectivity index (χ0v) is 13.7. The molecule has 0 spiro atoms. The van der Waals surface area contributed by atoms with Gasteiger partial charge in [-0.1, -0.05) is 0 Å². The molecule has 2 rings (SSSR count). The topological polar surface area (TPSA) is 49.6 Å². The lowest BCUT2D eigenvalue weighted by Crippen LogP contribution is -2.40. The van der Waals surface area contributed by atoms with Gasteiger partial charge in [-0.3, -0.25) is 4.79 Å². The van der Waals surface area contributed by atoms with Gasteiger partial charge in [-0.15, -0.1) is 0 Å². The molecule has 0 unspecified atom stereocenters. The van der Waals surface area contributed by atoms with Crippen LogP contribution in [0, 0.1) is 5.92 Å². The van der Waals surface area contributed by atoms with Gasteiger partial charge in [0, 0.05) is 35.4 Å². The number of nitrogens with two attached hydrogens (primary N) is 1. The number of carbonyl (C=O) groups is 1. The van der Waals surface area contributed by atoms with Crippen LogP contribution in [0.2, 0.25) is 0 Å². The van der Waals surface area contributed by atoms with E-state index in [4.69, 9.17) is 5.73 Å². The van der Waals surface area contributed by atoms with Crippen LogP contribution >= 0.6 is 15.9 Å². The Morgan fingerprint density at radius 2 is 2.05 bits per heavy atom. The van der Waals surface area contributed by atoms with Gasteiger partial charge in [-0.2, -0.15) is 0 Å². The Morgan fingerprint density at radius 3 is 2.60 bits per heavy atom. The van der Waals surface area contributed by atoms with Crippen molar-refractivity contribution in [1.29, 1.82) is 0 Å². The zero-order valence-electron chi connectivity index (χ0n) is 12.1. The molecule has 0 radical (unpaired) electrons. The molecule has 1 aromatic rings. The maximum absolute atomic E-state index is 12.4. The van der Waals surface area contributed by atoms with Crippen LogP contribution in [0.3, 0.4) is 0 Å². The number of benzene rings is 1. The molecule has 1 heterocycles. The van der Waals surface area contributed by atoms with Gasteiger partial charge in [0.25, 0.3) is 5.91 Å². The number of piperidine rings is 1. The molecule has 2 N–H and O–H groups in total. The SMILES string of the molecule is CN(C)CC1CCN(C(=O)c2ccc(N)c(Br)c2)CC1. The van der Waals surface area contributed by atoms with Gasteiger partial charge in [-0.25, -0.2) is 0 Å². The minimum absolute atomic E-state index is 0.106. The number of anilines is 1. The molecular formula is C15H22BrN3O. The monoisotopic (exact) mass is 339 g/mol. The Balaban J connectivity index is 1.96. The van der Waals surface area contributed by atoms with Crippen LogP contribution in [0.4, 0.5) is 5.69 Å². The van der Waals surface area contributed by atoms with Crippen LogP contribution in [-0.2, 0) is 0 Å². The molecule has 1 aliphatic heterocycles. The minimum Gasteiger partial charge on any atom is -0.398 e. The van der Waals surface area contributed by atoms with E-state index in [-0.39, 0.29) is 5.91 Å². The standard InChI is InChI=1S/C15H22BrN3O/c1-18(2)10-11-5-7-19(8-6-11)15(20)12-3-4-14(17)13(16)9-12/h3-4,9,11H,5-8,10,17H2,1-2H3. The largest absolute Gasteiger partial charge is 0.398 e. The van der Waals surface area contributed by atoms with Crippen LogP contribution < -0.4 is 5.73 Å². The van der Waals surface area contributed by atoms with E-state index in [1.54, 1.807) is 12.1 Å². The molecule has 0 bridgehead atoms. The van der Waals surface area contributed by atoms with Crippen molar-refractivity contribution >= 4 is 27.5 Å². The normalized spacial score (nSPS) is 16.7. The summed E-state index contributed by atoms with van der Waals surface area (Å²) in [4.78, 5) is 16.6. The Hall–Kier alpha value is -1.07. The third-order valence-corrected chi connectivity index (χ3v) is 4.46. The predicted molar refractivity (Wildman–Crippen MR) is 85.7 cm³/mol. The van der Waals surface area contributed by atoms with E-state index in [2.05, 4.69) is 34.9 Å². The van der Waals surface area contributed by atoms with Crippen molar-refractivity contribution in [1.82, 2.24) is 9.80 Å². The maximum atomic E-state index is 12.4. The summed E-state index contributed by atoms with van der Waals surface area (Å²) in [5, 5.41) is 0. The first-order valence-electron chi connectivity index (χ1n) is 6.96. The third-order valence-electron chi connectivity index (χ3n) is 3.77. The Bertz CT molecular complexity index is 482. The number of nitrogen functional groups attached to an aromatic ring is 1. The fraction of sp³-hybridized carbons (Fsp3) is 0.533. The number of halogens is 1. The van der Waals surface area contributed by atoms with Crippen molar-refractivity contribution in [3.8, 4) is 0 Å². The van der Waals surface area contributed by atoms with Gasteiger partial charge < -0.3 is 15.5 Å². The molecule has 1 aliphatic rings. The molecule has 0 atom stereocenters. The van der Waals surface area contributed by atoms with Crippen LogP contribution in [0.25, 0.3) is 0 Å². The average molecular weight is 340 g/mol. The van der Waals surface area contributed by atoms with Crippen LogP contribution in [0.5, 0.6) is 0 Å². The van der Waals surface area contributed by atoms with Crippen molar-refractivity contribution < 1.29 is 4.79 Å². The molecule has 1 aromatic carbocycles. The Morgan fingerprint density at radius 1 is 1.40 bits per heavy atom. The number of hydrogen-bond donors (Lipinski definition) is 1. The van der Waals surface area contributed by atoms with Gasteiger partial charge in [0.1, 0.15) is 0 Å². The highest BCUT2D eigenvalue weighted by atomic mass is 79.9. The Labute approximate surface area is 129 Å². The second kappa shape index (κ2) is 6.59. The molecule has 110 valence electrons. The summed E-state index contributed by atoms with van der Waals surface area (Å²) in [6.07, 6.45) is 2.17. The molecule has 1 saturated heterocycles. The van der Waals surface area contributed by atoms with Gasteiger partial charge in [0.2, 0.25) is 0 Å². The lowest BCUT2D eigenvalue weighted by atomic mass is 9.96. The third kappa shape index (κ3) is 3.73. The van der Waals surface area contributed by atoms with Crippen LogP contribution in [-0.4, -0.2) is 49.4 Å². The summed E-state index contributed by atoms with van der Waals surface area (Å²) in [5.41, 5.74) is 7.12. The first kappa shape index (κ1) is 15.3. The van der Waals surface area contributed by atoms with E-state index in [1.165, 1.54) is 0 Å². The predicted octanol–water partition coefficient (Wildman–Crippen LogP) is 2.45. The number of nitrogens with zero attached hydrogens (tertiary/aromatic N) is 2. The molecule has 0 aromatic heterocycles. The lowest BCUT2D eigenvalue weighted by Gasteiger charge is -2.33. The number of likely N-dealkylation sites (tertiary alicyclic amines) is 1. The second-order valence-corrected chi connectivity index (χ2v) is 6.59. The molecule has 4 nitrogen and oxygen atoms in total. The highest BCUT2D eigenvalue weighted by molar-refractivity contribution is 9.10. The van der Waals surface area contributed by atoms with Crippen molar-refractivity contribution in [3.05, 3.63) is 28.2 Å². The van der Waals surface area contributed by atoms with E-state index < -0.39 is 0 Å². The van der Waals surface area contributed by atoms with Gasteiger partial charge in [-0.05, 0) is 67.0 Å². The molecular weight excluding hydrogens is 318 g/mol. The highest BCUT2D eigenvalue weighted by Crippen LogP contribution is 2.23. The summed E-state index contributed by atoms with van der Waals surface area (Å²) in [6, 6.07) is 5.38. The number of amides is 1. The average Bonchev–Trinajstić information content (AvgIpc) is 2.41. The molecule has 1 fully saturated rings. The van der Waals surface area contributed by atoms with E-state index in [9.17, 15) is 4.79 Å². The summed E-state index contributed by atoms with van der Waals surface area (Å²) >= 11 is 3.37. The molecule has 20 heavy (non-hydrogen) atoms. The minimum atomic E-state index is 0.106. The van der Waals surface area contributed by atoms with E-state index >= 15 is 0 Å². The van der Waals surface area contributed by atoms with Crippen molar-refractivity contribution in [2.75, 3.05) is 39.5 Å². The first-order valence-corrected chi connectivity index (χ1v) is 7.75. The van der Waals surface area contributed by atoms with Crippen molar-refractivity contribution in [2.45, 2.75) is 12.8 Å². The summed E-state index contributed by atoms with van der Waals surface area (Å²) < 4.78 is 0.783. The lowest BCUT2D eigenvalue weighted by molar-refractivity contribution is 0.0678.